The lowest BCUT2D eigenvalue weighted by atomic mass is 10.1. The molecule has 0 unspecified atom stereocenters. The molecule has 0 spiro atoms. The van der Waals surface area contributed by atoms with Crippen molar-refractivity contribution in [3.8, 4) is 33.8 Å². The van der Waals surface area contributed by atoms with Gasteiger partial charge in [-0.3, -0.25) is 0 Å². The van der Waals surface area contributed by atoms with E-state index in [4.69, 9.17) is 13.6 Å². The Morgan fingerprint density at radius 3 is 1.41 bits per heavy atom. The second-order valence-corrected chi connectivity index (χ2v) is 5.78. The molecule has 5 nitrogen and oxygen atoms in total. The molecule has 0 amide bonds. The van der Waals surface area contributed by atoms with E-state index < -0.39 is 11.3 Å². The van der Waals surface area contributed by atoms with Crippen LogP contribution >= 0.6 is 0 Å². The van der Waals surface area contributed by atoms with Gasteiger partial charge in [-0.1, -0.05) is 36.4 Å². The SMILES string of the molecule is O=c1ccc(-c2ccccc2Oc2ccccc2-c2ccc(=O)oc2)co1. The Hall–Kier alpha value is -3.86. The number of ether oxygens (including phenoxy) is 1. The van der Waals surface area contributed by atoms with Crippen molar-refractivity contribution in [2.24, 2.45) is 0 Å². The Balaban J connectivity index is 1.76. The highest BCUT2D eigenvalue weighted by Gasteiger charge is 2.12. The summed E-state index contributed by atoms with van der Waals surface area (Å²) < 4.78 is 16.1. The number of hydrogen-bond donors (Lipinski definition) is 0. The second-order valence-electron chi connectivity index (χ2n) is 5.78. The third-order valence-corrected chi connectivity index (χ3v) is 4.02. The van der Waals surface area contributed by atoms with Gasteiger partial charge in [0.1, 0.15) is 24.0 Å². The van der Waals surface area contributed by atoms with Crippen LogP contribution in [0.3, 0.4) is 0 Å². The van der Waals surface area contributed by atoms with Crippen molar-refractivity contribution >= 4 is 0 Å². The summed E-state index contributed by atoms with van der Waals surface area (Å²) in [6.45, 7) is 0. The molecule has 0 N–H and O–H groups in total. The Morgan fingerprint density at radius 2 is 1.00 bits per heavy atom. The Labute approximate surface area is 154 Å². The van der Waals surface area contributed by atoms with E-state index in [9.17, 15) is 9.59 Å². The fraction of sp³-hybridized carbons (Fsp3) is 0. The number of para-hydroxylation sites is 2. The largest absolute Gasteiger partial charge is 0.456 e. The zero-order valence-corrected chi connectivity index (χ0v) is 14.1. The molecule has 0 bridgehead atoms. The predicted molar refractivity (Wildman–Crippen MR) is 101 cm³/mol. The number of hydrogen-bond acceptors (Lipinski definition) is 5. The van der Waals surface area contributed by atoms with Crippen molar-refractivity contribution in [1.29, 1.82) is 0 Å². The minimum absolute atomic E-state index is 0.409. The molecule has 0 fully saturated rings. The first kappa shape index (κ1) is 16.6. The third-order valence-electron chi connectivity index (χ3n) is 4.02. The summed E-state index contributed by atoms with van der Waals surface area (Å²) in [6, 6.07) is 21.0. The van der Waals surface area contributed by atoms with E-state index in [1.807, 2.05) is 48.5 Å². The van der Waals surface area contributed by atoms with E-state index >= 15 is 0 Å². The lowest BCUT2D eigenvalue weighted by Gasteiger charge is -2.14. The van der Waals surface area contributed by atoms with E-state index in [2.05, 4.69) is 0 Å². The number of benzene rings is 2. The van der Waals surface area contributed by atoms with Crippen LogP contribution in [0.5, 0.6) is 11.5 Å². The van der Waals surface area contributed by atoms with E-state index in [1.54, 1.807) is 12.1 Å². The molecule has 27 heavy (non-hydrogen) atoms. The minimum Gasteiger partial charge on any atom is -0.456 e. The summed E-state index contributed by atoms with van der Waals surface area (Å²) in [4.78, 5) is 22.5. The average molecular weight is 358 g/mol. The molecule has 5 heteroatoms. The zero-order chi connectivity index (χ0) is 18.6. The van der Waals surface area contributed by atoms with Crippen LogP contribution in [0.25, 0.3) is 22.3 Å². The summed E-state index contributed by atoms with van der Waals surface area (Å²) in [7, 11) is 0. The van der Waals surface area contributed by atoms with E-state index in [-0.39, 0.29) is 0 Å². The van der Waals surface area contributed by atoms with Crippen LogP contribution < -0.4 is 16.0 Å². The normalized spacial score (nSPS) is 10.5. The summed E-state index contributed by atoms with van der Waals surface area (Å²) in [6.07, 6.45) is 2.81. The van der Waals surface area contributed by atoms with Crippen molar-refractivity contribution in [2.45, 2.75) is 0 Å². The standard InChI is InChI=1S/C22H14O5/c23-21-11-9-15(13-25-21)17-5-1-3-7-19(17)27-20-8-4-2-6-18(20)16-10-12-22(24)26-14-16/h1-14H. The number of rotatable bonds is 4. The summed E-state index contributed by atoms with van der Waals surface area (Å²) in [5.41, 5.74) is 2.22. The molecule has 0 aliphatic rings. The summed E-state index contributed by atoms with van der Waals surface area (Å²) in [5, 5.41) is 0. The van der Waals surface area contributed by atoms with Gasteiger partial charge in [0.25, 0.3) is 0 Å². The molecule has 4 rings (SSSR count). The van der Waals surface area contributed by atoms with Gasteiger partial charge in [-0.25, -0.2) is 9.59 Å². The van der Waals surface area contributed by atoms with Crippen molar-refractivity contribution in [1.82, 2.24) is 0 Å². The van der Waals surface area contributed by atoms with E-state index in [0.717, 1.165) is 22.3 Å². The van der Waals surface area contributed by atoms with Gasteiger partial charge in [0, 0.05) is 34.4 Å². The van der Waals surface area contributed by atoms with Crippen molar-refractivity contribution in [2.75, 3.05) is 0 Å². The van der Waals surface area contributed by atoms with Gasteiger partial charge in [0.2, 0.25) is 0 Å². The van der Waals surface area contributed by atoms with E-state index in [0.29, 0.717) is 11.5 Å². The summed E-state index contributed by atoms with van der Waals surface area (Å²) in [5.74, 6) is 1.22. The first-order valence-electron chi connectivity index (χ1n) is 8.25. The van der Waals surface area contributed by atoms with Crippen LogP contribution in [0.2, 0.25) is 0 Å². The highest BCUT2D eigenvalue weighted by molar-refractivity contribution is 5.73. The minimum atomic E-state index is -0.409. The van der Waals surface area contributed by atoms with Crippen LogP contribution in [0, 0.1) is 0 Å². The molecular formula is C22H14O5. The molecule has 0 saturated carbocycles. The zero-order valence-electron chi connectivity index (χ0n) is 14.1. The van der Waals surface area contributed by atoms with Crippen molar-refractivity contribution in [3.63, 3.8) is 0 Å². The second kappa shape index (κ2) is 7.17. The lowest BCUT2D eigenvalue weighted by molar-refractivity contribution is 0.483. The van der Waals surface area contributed by atoms with Crippen molar-refractivity contribution in [3.05, 3.63) is 106 Å². The van der Waals surface area contributed by atoms with Crippen LogP contribution in [0.15, 0.2) is 104 Å². The van der Waals surface area contributed by atoms with Gasteiger partial charge in [-0.2, -0.15) is 0 Å². The predicted octanol–water partition coefficient (Wildman–Crippen LogP) is 4.72. The maximum atomic E-state index is 11.2. The maximum Gasteiger partial charge on any atom is 0.335 e. The highest BCUT2D eigenvalue weighted by Crippen LogP contribution is 2.37. The Morgan fingerprint density at radius 1 is 0.556 bits per heavy atom. The fourth-order valence-electron chi connectivity index (χ4n) is 2.73. The Kier molecular flexibility index (Phi) is 4.41. The fourth-order valence-corrected chi connectivity index (χ4v) is 2.73. The third kappa shape index (κ3) is 3.57. The molecule has 2 aromatic heterocycles. The quantitative estimate of drug-likeness (QED) is 0.528. The molecule has 4 aromatic rings. The summed E-state index contributed by atoms with van der Waals surface area (Å²) >= 11 is 0. The van der Waals surface area contributed by atoms with Crippen LogP contribution in [0.1, 0.15) is 0 Å². The molecule has 2 heterocycles. The smallest absolute Gasteiger partial charge is 0.335 e. The lowest BCUT2D eigenvalue weighted by Crippen LogP contribution is -1.96. The molecule has 2 aromatic carbocycles. The highest BCUT2D eigenvalue weighted by atomic mass is 16.5. The monoisotopic (exact) mass is 358 g/mol. The van der Waals surface area contributed by atoms with Crippen LogP contribution in [-0.2, 0) is 0 Å². The molecular weight excluding hydrogens is 344 g/mol. The van der Waals surface area contributed by atoms with Crippen LogP contribution in [-0.4, -0.2) is 0 Å². The van der Waals surface area contributed by atoms with E-state index in [1.165, 1.54) is 24.7 Å². The average Bonchev–Trinajstić information content (AvgIpc) is 2.70. The topological polar surface area (TPSA) is 69.7 Å². The van der Waals surface area contributed by atoms with Gasteiger partial charge in [0.05, 0.1) is 0 Å². The van der Waals surface area contributed by atoms with Gasteiger partial charge >= 0.3 is 11.3 Å². The van der Waals surface area contributed by atoms with Gasteiger partial charge in [-0.15, -0.1) is 0 Å². The molecule has 0 atom stereocenters. The van der Waals surface area contributed by atoms with Crippen molar-refractivity contribution < 1.29 is 13.6 Å². The van der Waals surface area contributed by atoms with Gasteiger partial charge < -0.3 is 13.6 Å². The van der Waals surface area contributed by atoms with Gasteiger partial charge in [-0.05, 0) is 24.3 Å². The van der Waals surface area contributed by atoms with Gasteiger partial charge in [0.15, 0.2) is 0 Å². The molecule has 0 saturated heterocycles. The molecule has 132 valence electrons. The first-order chi connectivity index (χ1) is 13.2. The first-order valence-corrected chi connectivity index (χ1v) is 8.25. The molecule has 0 radical (unpaired) electrons. The Bertz CT molecular complexity index is 1070. The maximum absolute atomic E-state index is 11.2. The van der Waals surface area contributed by atoms with Crippen LogP contribution in [0.4, 0.5) is 0 Å². The molecule has 0 aliphatic heterocycles. The molecule has 0 aliphatic carbocycles.